The highest BCUT2D eigenvalue weighted by molar-refractivity contribution is 5.77. The molecule has 0 aliphatic rings. The van der Waals surface area contributed by atoms with E-state index < -0.39 is 0 Å². The maximum absolute atomic E-state index is 13.1. The van der Waals surface area contributed by atoms with Crippen LogP contribution in [0.3, 0.4) is 0 Å². The molecule has 0 radical (unpaired) electrons. The van der Waals surface area contributed by atoms with Gasteiger partial charge in [0, 0.05) is 6.42 Å². The first-order valence-corrected chi connectivity index (χ1v) is 12.3. The predicted octanol–water partition coefficient (Wildman–Crippen LogP) is 4.88. The Morgan fingerprint density at radius 1 is 1.00 bits per heavy atom. The fourth-order valence-corrected chi connectivity index (χ4v) is 4.60. The monoisotopic (exact) mass is 490 g/mol. The second kappa shape index (κ2) is 11.3. The number of ether oxygens (including phenoxy) is 3. The van der Waals surface area contributed by atoms with E-state index in [9.17, 15) is 4.79 Å². The maximum Gasteiger partial charge on any atom is 0.262 e. The van der Waals surface area contributed by atoms with Crippen LogP contribution in [0.5, 0.6) is 17.2 Å². The van der Waals surface area contributed by atoms with E-state index in [-0.39, 0.29) is 11.6 Å². The molecule has 0 spiro atoms. The summed E-state index contributed by atoms with van der Waals surface area (Å²) in [6, 6.07) is 14.3. The number of aromatic nitrogens is 4. The quantitative estimate of drug-likeness (QED) is 0.322. The van der Waals surface area contributed by atoms with Crippen molar-refractivity contribution >= 4 is 11.0 Å². The summed E-state index contributed by atoms with van der Waals surface area (Å²) in [5, 5.41) is 5.37. The number of rotatable bonds is 11. The second-order valence-corrected chi connectivity index (χ2v) is 8.89. The van der Waals surface area contributed by atoms with Gasteiger partial charge in [0.15, 0.2) is 17.1 Å². The number of H-pyrrole nitrogens is 1. The van der Waals surface area contributed by atoms with Crippen molar-refractivity contribution in [1.82, 2.24) is 19.7 Å². The van der Waals surface area contributed by atoms with Gasteiger partial charge in [-0.2, -0.15) is 5.10 Å². The van der Waals surface area contributed by atoms with Crippen molar-refractivity contribution in [3.05, 3.63) is 75.5 Å². The van der Waals surface area contributed by atoms with Gasteiger partial charge in [0.1, 0.15) is 11.2 Å². The molecule has 190 valence electrons. The van der Waals surface area contributed by atoms with Crippen LogP contribution in [0.1, 0.15) is 55.4 Å². The minimum atomic E-state index is -0.165. The largest absolute Gasteiger partial charge is 0.493 e. The van der Waals surface area contributed by atoms with Crippen LogP contribution in [-0.2, 0) is 19.3 Å². The van der Waals surface area contributed by atoms with Crippen LogP contribution in [0.25, 0.3) is 11.0 Å². The molecular weight excluding hydrogens is 456 g/mol. The first kappa shape index (κ1) is 25.3. The highest BCUT2D eigenvalue weighted by Gasteiger charge is 2.20. The van der Waals surface area contributed by atoms with Crippen molar-refractivity contribution < 1.29 is 14.2 Å². The third-order valence-corrected chi connectivity index (χ3v) is 6.46. The average Bonchev–Trinajstić information content (AvgIpc) is 3.28. The summed E-state index contributed by atoms with van der Waals surface area (Å²) in [6.07, 6.45) is 4.03. The normalized spacial score (nSPS) is 12.0. The van der Waals surface area contributed by atoms with Gasteiger partial charge in [-0.25, -0.2) is 9.67 Å². The molecule has 0 bridgehead atoms. The maximum atomic E-state index is 13.1. The Bertz CT molecular complexity index is 1350. The van der Waals surface area contributed by atoms with Crippen LogP contribution >= 0.6 is 0 Å². The predicted molar refractivity (Wildman–Crippen MR) is 141 cm³/mol. The summed E-state index contributed by atoms with van der Waals surface area (Å²) in [7, 11) is 4.73. The molecule has 2 aromatic carbocycles. The summed E-state index contributed by atoms with van der Waals surface area (Å²) in [4.78, 5) is 21.0. The summed E-state index contributed by atoms with van der Waals surface area (Å²) < 4.78 is 18.3. The number of methoxy groups -OCH3 is 3. The molecular formula is C28H34N4O4. The van der Waals surface area contributed by atoms with Crippen molar-refractivity contribution in [2.75, 3.05) is 21.3 Å². The zero-order valence-electron chi connectivity index (χ0n) is 21.6. The number of aromatic amines is 1. The Kier molecular flexibility index (Phi) is 7.93. The Labute approximate surface area is 211 Å². The van der Waals surface area contributed by atoms with E-state index in [4.69, 9.17) is 24.3 Å². The number of aryl methyl sites for hydroxylation is 2. The molecule has 1 atom stereocenters. The fourth-order valence-electron chi connectivity index (χ4n) is 4.60. The van der Waals surface area contributed by atoms with Gasteiger partial charge in [-0.3, -0.25) is 4.79 Å². The van der Waals surface area contributed by atoms with Crippen LogP contribution in [0, 0.1) is 0 Å². The van der Waals surface area contributed by atoms with Gasteiger partial charge in [-0.1, -0.05) is 37.3 Å². The SMILES string of the molecule is CCc1nn(C(C)CCCc2ccccc2)c2nc(Cc3cc(OC)c(OC)c(OC)c3)[nH]c(=O)c12. The highest BCUT2D eigenvalue weighted by Crippen LogP contribution is 2.38. The summed E-state index contributed by atoms with van der Waals surface area (Å²) in [5.74, 6) is 2.19. The number of hydrogen-bond donors (Lipinski definition) is 1. The van der Waals surface area contributed by atoms with Crippen LogP contribution in [0.2, 0.25) is 0 Å². The lowest BCUT2D eigenvalue weighted by Crippen LogP contribution is -2.15. The van der Waals surface area contributed by atoms with E-state index in [2.05, 4.69) is 36.2 Å². The zero-order valence-corrected chi connectivity index (χ0v) is 21.6. The molecule has 0 fully saturated rings. The third kappa shape index (κ3) is 5.22. The second-order valence-electron chi connectivity index (χ2n) is 8.89. The van der Waals surface area contributed by atoms with Crippen molar-refractivity contribution in [2.45, 2.75) is 52.0 Å². The minimum absolute atomic E-state index is 0.111. The molecule has 8 nitrogen and oxygen atoms in total. The molecule has 0 aliphatic heterocycles. The molecule has 1 unspecified atom stereocenters. The van der Waals surface area contributed by atoms with Crippen LogP contribution < -0.4 is 19.8 Å². The van der Waals surface area contributed by atoms with Gasteiger partial charge in [0.05, 0.1) is 33.1 Å². The van der Waals surface area contributed by atoms with E-state index in [0.29, 0.717) is 46.9 Å². The fraction of sp³-hybridized carbons (Fsp3) is 0.393. The molecule has 0 aliphatic carbocycles. The number of fused-ring (bicyclic) bond motifs is 1. The summed E-state index contributed by atoms with van der Waals surface area (Å²) >= 11 is 0. The standard InChI is InChI=1S/C28H34N4O4/c1-6-21-25-27(32(31-21)18(2)11-10-14-19-12-8-7-9-13-19)29-24(30-28(25)33)17-20-15-22(34-3)26(36-5)23(16-20)35-4/h7-9,12-13,15-16,18H,6,10-11,14,17H2,1-5H3,(H,29,30,33). The van der Waals surface area contributed by atoms with Gasteiger partial charge < -0.3 is 19.2 Å². The average molecular weight is 491 g/mol. The van der Waals surface area contributed by atoms with Crippen LogP contribution in [-0.4, -0.2) is 41.1 Å². The van der Waals surface area contributed by atoms with Crippen molar-refractivity contribution in [3.63, 3.8) is 0 Å². The van der Waals surface area contributed by atoms with E-state index >= 15 is 0 Å². The van der Waals surface area contributed by atoms with Crippen molar-refractivity contribution in [1.29, 1.82) is 0 Å². The molecule has 4 aromatic rings. The topological polar surface area (TPSA) is 91.3 Å². The Balaban J connectivity index is 1.64. The van der Waals surface area contributed by atoms with E-state index in [1.165, 1.54) is 5.56 Å². The zero-order chi connectivity index (χ0) is 25.7. The first-order chi connectivity index (χ1) is 17.5. The number of benzene rings is 2. The van der Waals surface area contributed by atoms with E-state index in [0.717, 1.165) is 30.5 Å². The van der Waals surface area contributed by atoms with E-state index in [1.54, 1.807) is 21.3 Å². The van der Waals surface area contributed by atoms with Gasteiger partial charge in [0.2, 0.25) is 5.75 Å². The Morgan fingerprint density at radius 2 is 1.69 bits per heavy atom. The molecule has 0 amide bonds. The lowest BCUT2D eigenvalue weighted by molar-refractivity contribution is 0.324. The number of nitrogens with zero attached hydrogens (tertiary/aromatic N) is 3. The lowest BCUT2D eigenvalue weighted by atomic mass is 10.1. The van der Waals surface area contributed by atoms with Gasteiger partial charge in [-0.05, 0) is 55.9 Å². The third-order valence-electron chi connectivity index (χ3n) is 6.46. The van der Waals surface area contributed by atoms with Gasteiger partial charge >= 0.3 is 0 Å². The van der Waals surface area contributed by atoms with Crippen molar-refractivity contribution in [2.24, 2.45) is 0 Å². The van der Waals surface area contributed by atoms with Gasteiger partial charge in [-0.15, -0.1) is 0 Å². The first-order valence-electron chi connectivity index (χ1n) is 12.3. The summed E-state index contributed by atoms with van der Waals surface area (Å²) in [5.41, 5.74) is 3.44. The number of hydrogen-bond acceptors (Lipinski definition) is 6. The molecule has 36 heavy (non-hydrogen) atoms. The smallest absolute Gasteiger partial charge is 0.262 e. The molecule has 0 saturated heterocycles. The molecule has 1 N–H and O–H groups in total. The van der Waals surface area contributed by atoms with Crippen LogP contribution in [0.15, 0.2) is 47.3 Å². The van der Waals surface area contributed by atoms with Crippen LogP contribution in [0.4, 0.5) is 0 Å². The Morgan fingerprint density at radius 3 is 2.31 bits per heavy atom. The molecule has 2 aromatic heterocycles. The minimum Gasteiger partial charge on any atom is -0.493 e. The number of nitrogens with one attached hydrogen (secondary N) is 1. The highest BCUT2D eigenvalue weighted by atomic mass is 16.5. The lowest BCUT2D eigenvalue weighted by Gasteiger charge is -2.15. The molecule has 0 saturated carbocycles. The summed E-state index contributed by atoms with van der Waals surface area (Å²) in [6.45, 7) is 4.15. The van der Waals surface area contributed by atoms with E-state index in [1.807, 2.05) is 29.8 Å². The van der Waals surface area contributed by atoms with Gasteiger partial charge in [0.25, 0.3) is 5.56 Å². The molecule has 4 rings (SSSR count). The Hall–Kier alpha value is -3.81. The van der Waals surface area contributed by atoms with Crippen molar-refractivity contribution in [3.8, 4) is 17.2 Å². The molecule has 2 heterocycles. The molecule has 8 heteroatoms.